The molecule has 0 aliphatic carbocycles. The summed E-state index contributed by atoms with van der Waals surface area (Å²) in [5, 5.41) is 9.29. The van der Waals surface area contributed by atoms with Gasteiger partial charge in [0.1, 0.15) is 5.76 Å². The van der Waals surface area contributed by atoms with Gasteiger partial charge in [-0.1, -0.05) is 6.08 Å². The molecule has 0 saturated heterocycles. The van der Waals surface area contributed by atoms with Crippen LogP contribution in [-0.4, -0.2) is 10.7 Å². The largest absolute Gasteiger partial charge is 0.465 e. The maximum absolute atomic E-state index is 9.29. The molecule has 1 N–H and O–H groups in total. The summed E-state index contributed by atoms with van der Waals surface area (Å²) in [6.07, 6.45) is 5.04. The molecule has 0 saturated carbocycles. The zero-order chi connectivity index (χ0) is 8.32. The smallest absolute Gasteiger partial charge is 0.126 e. The van der Waals surface area contributed by atoms with Crippen LogP contribution < -0.4 is 0 Å². The highest BCUT2D eigenvalue weighted by atomic mass is 16.3. The number of rotatable bonds is 2. The summed E-state index contributed by atoms with van der Waals surface area (Å²) in [6.45, 7) is 3.43. The lowest BCUT2D eigenvalue weighted by molar-refractivity contribution is 0.134. The summed E-state index contributed by atoms with van der Waals surface area (Å²) in [5.74, 6) is 0.757. The third-order valence-corrected chi connectivity index (χ3v) is 1.20. The second-order valence-electron chi connectivity index (χ2n) is 3.00. The predicted octanol–water partition coefficient (Wildman–Crippen LogP) is 2.06. The SMILES string of the molecule is CC(C)(O)C=Cc1ccco1. The van der Waals surface area contributed by atoms with Crippen LogP contribution in [0.4, 0.5) is 0 Å². The Labute approximate surface area is 66.2 Å². The van der Waals surface area contributed by atoms with Gasteiger partial charge in [0, 0.05) is 0 Å². The van der Waals surface area contributed by atoms with E-state index in [1.54, 1.807) is 32.3 Å². The van der Waals surface area contributed by atoms with Crippen LogP contribution in [0.5, 0.6) is 0 Å². The van der Waals surface area contributed by atoms with Crippen LogP contribution in [-0.2, 0) is 0 Å². The van der Waals surface area contributed by atoms with Crippen LogP contribution >= 0.6 is 0 Å². The summed E-state index contributed by atoms with van der Waals surface area (Å²) in [6, 6.07) is 3.65. The van der Waals surface area contributed by atoms with Crippen molar-refractivity contribution < 1.29 is 9.52 Å². The minimum atomic E-state index is -0.771. The van der Waals surface area contributed by atoms with E-state index in [2.05, 4.69) is 0 Å². The van der Waals surface area contributed by atoms with Gasteiger partial charge in [0.25, 0.3) is 0 Å². The van der Waals surface area contributed by atoms with Crippen LogP contribution in [0.1, 0.15) is 19.6 Å². The van der Waals surface area contributed by atoms with Crippen molar-refractivity contribution in [3.05, 3.63) is 30.2 Å². The fourth-order valence-electron chi connectivity index (χ4n) is 0.672. The molecular formula is C9H12O2. The van der Waals surface area contributed by atoms with Gasteiger partial charge < -0.3 is 9.52 Å². The standard InChI is InChI=1S/C9H12O2/c1-9(2,10)6-5-8-4-3-7-11-8/h3-7,10H,1-2H3. The van der Waals surface area contributed by atoms with Gasteiger partial charge in [0.2, 0.25) is 0 Å². The van der Waals surface area contributed by atoms with Gasteiger partial charge in [-0.15, -0.1) is 0 Å². The third-order valence-electron chi connectivity index (χ3n) is 1.20. The van der Waals surface area contributed by atoms with Gasteiger partial charge in [-0.3, -0.25) is 0 Å². The summed E-state index contributed by atoms with van der Waals surface area (Å²) < 4.78 is 5.03. The average molecular weight is 152 g/mol. The average Bonchev–Trinajstić information content (AvgIpc) is 2.32. The van der Waals surface area contributed by atoms with E-state index in [9.17, 15) is 5.11 Å². The van der Waals surface area contributed by atoms with Crippen molar-refractivity contribution in [2.24, 2.45) is 0 Å². The van der Waals surface area contributed by atoms with Gasteiger partial charge in [0.15, 0.2) is 0 Å². The molecule has 0 aliphatic rings. The van der Waals surface area contributed by atoms with E-state index < -0.39 is 5.60 Å². The van der Waals surface area contributed by atoms with Gasteiger partial charge >= 0.3 is 0 Å². The Morgan fingerprint density at radius 1 is 1.55 bits per heavy atom. The molecule has 0 amide bonds. The molecule has 0 spiro atoms. The van der Waals surface area contributed by atoms with E-state index in [0.717, 1.165) is 5.76 Å². The van der Waals surface area contributed by atoms with E-state index in [1.807, 2.05) is 12.1 Å². The first kappa shape index (κ1) is 8.08. The molecule has 0 atom stereocenters. The molecule has 1 rings (SSSR count). The summed E-state index contributed by atoms with van der Waals surface area (Å²) in [4.78, 5) is 0. The Bertz CT molecular complexity index is 227. The van der Waals surface area contributed by atoms with Crippen molar-refractivity contribution in [1.82, 2.24) is 0 Å². The molecule has 1 heterocycles. The van der Waals surface area contributed by atoms with E-state index in [4.69, 9.17) is 4.42 Å². The number of hydrogen-bond donors (Lipinski definition) is 1. The molecule has 0 radical (unpaired) electrons. The number of furan rings is 1. The van der Waals surface area contributed by atoms with Crippen molar-refractivity contribution in [2.75, 3.05) is 0 Å². The van der Waals surface area contributed by atoms with Crippen LogP contribution in [0.2, 0.25) is 0 Å². The minimum Gasteiger partial charge on any atom is -0.465 e. The Hall–Kier alpha value is -1.02. The molecule has 1 aromatic heterocycles. The Balaban J connectivity index is 2.63. The summed E-state index contributed by atoms with van der Waals surface area (Å²) in [5.41, 5.74) is -0.771. The number of hydrogen-bond acceptors (Lipinski definition) is 2. The van der Waals surface area contributed by atoms with Crippen LogP contribution in [0, 0.1) is 0 Å². The van der Waals surface area contributed by atoms with Gasteiger partial charge in [-0.05, 0) is 32.1 Å². The maximum Gasteiger partial charge on any atom is 0.126 e. The lowest BCUT2D eigenvalue weighted by Crippen LogP contribution is -2.13. The Morgan fingerprint density at radius 3 is 2.73 bits per heavy atom. The summed E-state index contributed by atoms with van der Waals surface area (Å²) >= 11 is 0. The lowest BCUT2D eigenvalue weighted by atomic mass is 10.1. The molecular weight excluding hydrogens is 140 g/mol. The molecule has 2 heteroatoms. The van der Waals surface area contributed by atoms with Crippen LogP contribution in [0.15, 0.2) is 28.9 Å². The lowest BCUT2D eigenvalue weighted by Gasteiger charge is -2.08. The van der Waals surface area contributed by atoms with E-state index in [1.165, 1.54) is 0 Å². The molecule has 0 unspecified atom stereocenters. The molecule has 1 aromatic rings. The van der Waals surface area contributed by atoms with Crippen molar-refractivity contribution in [3.8, 4) is 0 Å². The molecule has 0 fully saturated rings. The van der Waals surface area contributed by atoms with Gasteiger partial charge in [-0.2, -0.15) is 0 Å². The quantitative estimate of drug-likeness (QED) is 0.703. The predicted molar refractivity (Wildman–Crippen MR) is 44.0 cm³/mol. The Kier molecular flexibility index (Phi) is 2.15. The highest BCUT2D eigenvalue weighted by Gasteiger charge is 2.05. The highest BCUT2D eigenvalue weighted by Crippen LogP contribution is 2.08. The zero-order valence-electron chi connectivity index (χ0n) is 6.74. The van der Waals surface area contributed by atoms with Gasteiger partial charge in [-0.25, -0.2) is 0 Å². The van der Waals surface area contributed by atoms with Crippen molar-refractivity contribution in [3.63, 3.8) is 0 Å². The van der Waals surface area contributed by atoms with Crippen molar-refractivity contribution in [1.29, 1.82) is 0 Å². The zero-order valence-corrected chi connectivity index (χ0v) is 6.74. The van der Waals surface area contributed by atoms with E-state index >= 15 is 0 Å². The van der Waals surface area contributed by atoms with Crippen molar-refractivity contribution >= 4 is 6.08 Å². The van der Waals surface area contributed by atoms with Crippen molar-refractivity contribution in [2.45, 2.75) is 19.4 Å². The first-order valence-electron chi connectivity index (χ1n) is 3.53. The maximum atomic E-state index is 9.29. The van der Waals surface area contributed by atoms with Gasteiger partial charge in [0.05, 0.1) is 11.9 Å². The molecule has 11 heavy (non-hydrogen) atoms. The second-order valence-corrected chi connectivity index (χ2v) is 3.00. The first-order chi connectivity index (χ1) is 5.08. The molecule has 0 bridgehead atoms. The molecule has 0 aliphatic heterocycles. The number of aliphatic hydroxyl groups is 1. The molecule has 2 nitrogen and oxygen atoms in total. The Morgan fingerprint density at radius 2 is 2.27 bits per heavy atom. The van der Waals surface area contributed by atoms with E-state index in [-0.39, 0.29) is 0 Å². The highest BCUT2D eigenvalue weighted by molar-refractivity contribution is 5.43. The monoisotopic (exact) mass is 152 g/mol. The van der Waals surface area contributed by atoms with Crippen LogP contribution in [0.3, 0.4) is 0 Å². The molecule has 60 valence electrons. The third kappa shape index (κ3) is 3.05. The summed E-state index contributed by atoms with van der Waals surface area (Å²) in [7, 11) is 0. The van der Waals surface area contributed by atoms with Crippen LogP contribution in [0.25, 0.3) is 6.08 Å². The normalized spacial score (nSPS) is 12.6. The fraction of sp³-hybridized carbons (Fsp3) is 0.333. The van der Waals surface area contributed by atoms with E-state index in [0.29, 0.717) is 0 Å². The fourth-order valence-corrected chi connectivity index (χ4v) is 0.672. The minimum absolute atomic E-state index is 0.757. The second kappa shape index (κ2) is 2.93. The topological polar surface area (TPSA) is 33.4 Å². The molecule has 0 aromatic carbocycles. The first-order valence-corrected chi connectivity index (χ1v) is 3.53.